The van der Waals surface area contributed by atoms with E-state index in [4.69, 9.17) is 14.2 Å². The summed E-state index contributed by atoms with van der Waals surface area (Å²) in [6, 6.07) is 13.8. The van der Waals surface area contributed by atoms with Gasteiger partial charge in [-0.15, -0.1) is 0 Å². The van der Waals surface area contributed by atoms with Gasteiger partial charge in [0.15, 0.2) is 22.9 Å². The molecule has 8 heteroatoms. The lowest BCUT2D eigenvalue weighted by atomic mass is 9.61. The Balaban J connectivity index is 3.37. The molecule has 0 saturated heterocycles. The van der Waals surface area contributed by atoms with Crippen molar-refractivity contribution < 1.29 is 23.8 Å². The van der Waals surface area contributed by atoms with Gasteiger partial charge in [0.05, 0.1) is 25.3 Å². The maximum absolute atomic E-state index is 12.7. The van der Waals surface area contributed by atoms with Crippen LogP contribution in [0.15, 0.2) is 30.3 Å². The number of carbonyl (C=O) groups is 2. The summed E-state index contributed by atoms with van der Waals surface area (Å²) in [5, 5.41) is 29.8. The Kier molecular flexibility index (Phi) is 9.65. The Morgan fingerprint density at radius 2 is 1.57 bits per heavy atom. The molecule has 0 N–H and O–H groups in total. The van der Waals surface area contributed by atoms with Gasteiger partial charge >= 0.3 is 5.97 Å². The second-order valence-corrected chi connectivity index (χ2v) is 6.47. The molecule has 0 fully saturated rings. The molecule has 1 unspecified atom stereocenters. The zero-order chi connectivity index (χ0) is 22.6. The van der Waals surface area contributed by atoms with Crippen molar-refractivity contribution in [2.24, 2.45) is 10.8 Å². The third-order valence-corrected chi connectivity index (χ3v) is 4.84. The number of nitriles is 3. The number of esters is 1. The van der Waals surface area contributed by atoms with Crippen molar-refractivity contribution in [2.75, 3.05) is 20.3 Å². The van der Waals surface area contributed by atoms with Crippen LogP contribution in [0, 0.1) is 44.8 Å². The summed E-state index contributed by atoms with van der Waals surface area (Å²) in [6.07, 6.45) is -1.94. The van der Waals surface area contributed by atoms with Crippen LogP contribution in [-0.2, 0) is 19.0 Å². The van der Waals surface area contributed by atoms with Gasteiger partial charge in [0, 0.05) is 31.6 Å². The summed E-state index contributed by atoms with van der Waals surface area (Å²) >= 11 is 0. The fourth-order valence-corrected chi connectivity index (χ4v) is 3.19. The Morgan fingerprint density at radius 1 is 1.00 bits per heavy atom. The molecule has 0 radical (unpaired) electrons. The number of benzene rings is 1. The van der Waals surface area contributed by atoms with Crippen molar-refractivity contribution in [1.29, 1.82) is 15.8 Å². The third-order valence-electron chi connectivity index (χ3n) is 4.84. The van der Waals surface area contributed by atoms with Crippen molar-refractivity contribution in [3.05, 3.63) is 35.9 Å². The van der Waals surface area contributed by atoms with Crippen LogP contribution in [0.2, 0.25) is 0 Å². The molecule has 0 aromatic heterocycles. The quantitative estimate of drug-likeness (QED) is 0.291. The average molecular weight is 411 g/mol. The van der Waals surface area contributed by atoms with Gasteiger partial charge in [-0.25, -0.2) is 0 Å². The van der Waals surface area contributed by atoms with E-state index in [1.165, 1.54) is 0 Å². The van der Waals surface area contributed by atoms with Crippen LogP contribution < -0.4 is 0 Å². The summed E-state index contributed by atoms with van der Waals surface area (Å²) < 4.78 is 15.7. The molecule has 158 valence electrons. The first-order valence-corrected chi connectivity index (χ1v) is 9.53. The summed E-state index contributed by atoms with van der Waals surface area (Å²) in [7, 11) is 1.07. The summed E-state index contributed by atoms with van der Waals surface area (Å²) in [5.74, 6) is -1.36. The highest BCUT2D eigenvalue weighted by Gasteiger charge is 2.61. The lowest BCUT2D eigenvalue weighted by molar-refractivity contribution is -0.176. The first-order chi connectivity index (χ1) is 14.4. The molecule has 0 aliphatic rings. The minimum Gasteiger partial charge on any atom is -0.468 e. The van der Waals surface area contributed by atoms with E-state index < -0.39 is 29.5 Å². The lowest BCUT2D eigenvalue weighted by Crippen LogP contribution is -2.49. The van der Waals surface area contributed by atoms with Gasteiger partial charge in [-0.05, 0) is 20.3 Å². The van der Waals surface area contributed by atoms with Gasteiger partial charge in [-0.2, -0.15) is 15.8 Å². The van der Waals surface area contributed by atoms with E-state index >= 15 is 0 Å². The van der Waals surface area contributed by atoms with E-state index in [1.807, 2.05) is 18.2 Å². The molecule has 0 aliphatic heterocycles. The van der Waals surface area contributed by atoms with Crippen LogP contribution in [0.25, 0.3) is 0 Å². The Bertz CT molecular complexity index is 830. The molecule has 30 heavy (non-hydrogen) atoms. The van der Waals surface area contributed by atoms with Crippen LogP contribution in [0.5, 0.6) is 0 Å². The molecular weight excluding hydrogens is 386 g/mol. The number of rotatable bonds is 12. The van der Waals surface area contributed by atoms with E-state index in [0.29, 0.717) is 5.56 Å². The minimum absolute atomic E-state index is 0.209. The molecule has 0 heterocycles. The van der Waals surface area contributed by atoms with E-state index in [-0.39, 0.29) is 31.8 Å². The zero-order valence-electron chi connectivity index (χ0n) is 17.4. The molecule has 1 rings (SSSR count). The van der Waals surface area contributed by atoms with Gasteiger partial charge in [-0.3, -0.25) is 9.59 Å². The van der Waals surface area contributed by atoms with Gasteiger partial charge in [0.25, 0.3) is 0 Å². The summed E-state index contributed by atoms with van der Waals surface area (Å²) in [6.45, 7) is 3.87. The lowest BCUT2D eigenvalue weighted by Gasteiger charge is -2.36. The predicted molar refractivity (Wildman–Crippen MR) is 105 cm³/mol. The molecule has 1 atom stereocenters. The van der Waals surface area contributed by atoms with E-state index in [2.05, 4.69) is 0 Å². The molecule has 1 aromatic rings. The highest BCUT2D eigenvalue weighted by atomic mass is 16.7. The predicted octanol–water partition coefficient (Wildman–Crippen LogP) is 3.16. The van der Waals surface area contributed by atoms with Crippen LogP contribution in [0.3, 0.4) is 0 Å². The van der Waals surface area contributed by atoms with Crippen molar-refractivity contribution in [1.82, 2.24) is 0 Å². The zero-order valence-corrected chi connectivity index (χ0v) is 17.4. The monoisotopic (exact) mass is 411 g/mol. The van der Waals surface area contributed by atoms with Gasteiger partial charge in [0.2, 0.25) is 0 Å². The van der Waals surface area contributed by atoms with Crippen molar-refractivity contribution in [3.8, 4) is 18.2 Å². The summed E-state index contributed by atoms with van der Waals surface area (Å²) in [5.41, 5.74) is -3.95. The van der Waals surface area contributed by atoms with Crippen molar-refractivity contribution in [3.63, 3.8) is 0 Å². The molecular formula is C22H25N3O5. The molecule has 1 aromatic carbocycles. The SMILES string of the molecule is CCOC(CC(C#N)(C(=O)OC)C(C#N)(C#N)CCC(=O)c1ccccc1)OCC. The maximum atomic E-state index is 12.7. The van der Waals surface area contributed by atoms with Gasteiger partial charge in [0.1, 0.15) is 0 Å². The number of nitrogens with zero attached hydrogens (tertiary/aromatic N) is 3. The van der Waals surface area contributed by atoms with Crippen LogP contribution in [0.1, 0.15) is 43.5 Å². The first kappa shape index (κ1) is 24.8. The second-order valence-electron chi connectivity index (χ2n) is 6.47. The Morgan fingerprint density at radius 3 is 2.00 bits per heavy atom. The topological polar surface area (TPSA) is 133 Å². The van der Waals surface area contributed by atoms with E-state index in [1.54, 1.807) is 44.2 Å². The first-order valence-electron chi connectivity index (χ1n) is 9.53. The van der Waals surface area contributed by atoms with Gasteiger partial charge < -0.3 is 14.2 Å². The molecule has 8 nitrogen and oxygen atoms in total. The third kappa shape index (κ3) is 5.21. The van der Waals surface area contributed by atoms with E-state index in [9.17, 15) is 25.4 Å². The fraction of sp³-hybridized carbons (Fsp3) is 0.500. The van der Waals surface area contributed by atoms with Gasteiger partial charge in [-0.1, -0.05) is 30.3 Å². The number of Topliss-reactive ketones (excluding diaryl/α,β-unsaturated/α-hetero) is 1. The van der Waals surface area contributed by atoms with Crippen LogP contribution in [0.4, 0.5) is 0 Å². The van der Waals surface area contributed by atoms with Crippen LogP contribution in [-0.4, -0.2) is 38.4 Å². The average Bonchev–Trinajstić information content (AvgIpc) is 2.79. The molecule has 0 spiro atoms. The van der Waals surface area contributed by atoms with Crippen molar-refractivity contribution in [2.45, 2.75) is 39.4 Å². The number of ether oxygens (including phenoxy) is 3. The van der Waals surface area contributed by atoms with Crippen LogP contribution >= 0.6 is 0 Å². The maximum Gasteiger partial charge on any atom is 0.329 e. The summed E-state index contributed by atoms with van der Waals surface area (Å²) in [4.78, 5) is 25.3. The van der Waals surface area contributed by atoms with Crippen molar-refractivity contribution >= 4 is 11.8 Å². The fourth-order valence-electron chi connectivity index (χ4n) is 3.19. The Labute approximate surface area is 176 Å². The smallest absolute Gasteiger partial charge is 0.329 e. The van der Waals surface area contributed by atoms with E-state index in [0.717, 1.165) is 7.11 Å². The number of methoxy groups -OCH3 is 1. The highest BCUT2D eigenvalue weighted by Crippen LogP contribution is 2.47. The normalized spacial score (nSPS) is 12.8. The largest absolute Gasteiger partial charge is 0.468 e. The minimum atomic E-state index is -2.21. The standard InChI is InChI=1S/C22H25N3O5/c1-4-29-19(30-5-2)13-22(16-25,20(27)28-3)21(14-23,15-24)12-11-18(26)17-9-7-6-8-10-17/h6-10,19H,4-5,11-13H2,1-3H3. The Hall–Kier alpha value is -3.25. The molecule has 0 aliphatic carbocycles. The second kappa shape index (κ2) is 11.7. The molecule has 0 bridgehead atoms. The number of hydrogen-bond acceptors (Lipinski definition) is 8. The molecule has 0 saturated carbocycles. The number of hydrogen-bond donors (Lipinski definition) is 0. The highest BCUT2D eigenvalue weighted by molar-refractivity contribution is 5.96. The number of ketones is 1. The number of carbonyl (C=O) groups excluding carboxylic acids is 2. The molecule has 0 amide bonds.